The van der Waals surface area contributed by atoms with E-state index in [0.29, 0.717) is 24.0 Å². The Kier molecular flexibility index (Phi) is 4.88. The first kappa shape index (κ1) is 23.7. The van der Waals surface area contributed by atoms with Crippen LogP contribution in [-0.2, 0) is 30.5 Å². The van der Waals surface area contributed by atoms with Gasteiger partial charge in [0, 0.05) is 11.1 Å². The van der Waals surface area contributed by atoms with Crippen LogP contribution >= 0.6 is 92.8 Å². The number of benzene rings is 1. The molecular formula is C20H8Cl8O4. The number of Topliss-reactive ketones (excluding diaryl/α,β-unsaturated/α-hetero) is 4. The van der Waals surface area contributed by atoms with Crippen LogP contribution in [0, 0.1) is 0 Å². The molecule has 5 rings (SSSR count). The fourth-order valence-corrected chi connectivity index (χ4v) is 8.91. The van der Waals surface area contributed by atoms with Gasteiger partial charge in [0.2, 0.25) is 21.7 Å². The van der Waals surface area contributed by atoms with Gasteiger partial charge >= 0.3 is 0 Å². The summed E-state index contributed by atoms with van der Waals surface area (Å²) in [5.74, 6) is -5.71. The minimum absolute atomic E-state index is 0.165. The van der Waals surface area contributed by atoms with E-state index in [4.69, 9.17) is 92.8 Å². The van der Waals surface area contributed by atoms with Crippen LogP contribution in [0.2, 0.25) is 0 Å². The van der Waals surface area contributed by atoms with Gasteiger partial charge in [-0.1, -0.05) is 76.2 Å². The molecule has 4 aliphatic carbocycles. The molecule has 12 heteroatoms. The summed E-state index contributed by atoms with van der Waals surface area (Å²) in [4.78, 5) is 45.1. The number of aryl methyl sites for hydroxylation is 1. The fraction of sp³-hybridized carbons (Fsp3) is 0.400. The molecule has 1 fully saturated rings. The molecule has 0 aromatic heterocycles. The Balaban J connectivity index is 2.10. The average Bonchev–Trinajstić information content (AvgIpc) is 2.74. The van der Waals surface area contributed by atoms with Gasteiger partial charge in [-0.2, -0.15) is 0 Å². The highest BCUT2D eigenvalue weighted by atomic mass is 35.5. The van der Waals surface area contributed by atoms with Crippen molar-refractivity contribution in [2.24, 2.45) is 0 Å². The Labute approximate surface area is 221 Å². The van der Waals surface area contributed by atoms with Crippen LogP contribution < -0.4 is 0 Å². The molecule has 1 aromatic rings. The third-order valence-electron chi connectivity index (χ3n) is 6.70. The second kappa shape index (κ2) is 6.59. The summed E-state index contributed by atoms with van der Waals surface area (Å²) >= 11 is 53.7. The third kappa shape index (κ3) is 2.16. The van der Waals surface area contributed by atoms with Crippen molar-refractivity contribution in [3.05, 3.63) is 40.5 Å². The minimum Gasteiger partial charge on any atom is -0.293 e. The lowest BCUT2D eigenvalue weighted by molar-refractivity contribution is -0.145. The van der Waals surface area contributed by atoms with Crippen molar-refractivity contribution in [2.45, 2.75) is 41.5 Å². The van der Waals surface area contributed by atoms with E-state index in [-0.39, 0.29) is 11.1 Å². The number of ketones is 4. The second-order valence-corrected chi connectivity index (χ2v) is 13.0. The van der Waals surface area contributed by atoms with Crippen LogP contribution in [0.3, 0.4) is 0 Å². The van der Waals surface area contributed by atoms with Crippen LogP contribution in [0.1, 0.15) is 23.1 Å². The number of halogens is 8. The molecule has 4 unspecified atom stereocenters. The Bertz CT molecular complexity index is 1240. The lowest BCUT2D eigenvalue weighted by Gasteiger charge is -2.63. The number of fused-ring (bicyclic) bond motifs is 2. The minimum atomic E-state index is -2.86. The third-order valence-corrected chi connectivity index (χ3v) is 12.1. The van der Waals surface area contributed by atoms with Crippen molar-refractivity contribution < 1.29 is 19.2 Å². The highest BCUT2D eigenvalue weighted by molar-refractivity contribution is 6.86. The Hall–Kier alpha value is -0.0400. The first-order valence-corrected chi connectivity index (χ1v) is 12.2. The number of rotatable bonds is 0. The van der Waals surface area contributed by atoms with Gasteiger partial charge in [0.05, 0.1) is 5.38 Å². The zero-order valence-electron chi connectivity index (χ0n) is 15.4. The molecule has 4 nitrogen and oxygen atoms in total. The molecule has 0 heterocycles. The van der Waals surface area contributed by atoms with Gasteiger partial charge in [-0.3, -0.25) is 19.2 Å². The van der Waals surface area contributed by atoms with E-state index in [2.05, 4.69) is 0 Å². The summed E-state index contributed by atoms with van der Waals surface area (Å²) in [6, 6.07) is 4.87. The molecule has 168 valence electrons. The number of carbonyl (C=O) groups excluding carboxylic acids is 4. The van der Waals surface area contributed by atoms with Gasteiger partial charge in [-0.05, 0) is 29.5 Å². The summed E-state index contributed by atoms with van der Waals surface area (Å²) in [5, 5.41) is -0.970. The summed E-state index contributed by atoms with van der Waals surface area (Å²) in [5.41, 5.74) is 0.219. The number of hydrogen-bond acceptors (Lipinski definition) is 4. The lowest BCUT2D eigenvalue weighted by Crippen LogP contribution is -2.79. The monoisotopic (exact) mass is 592 g/mol. The lowest BCUT2D eigenvalue weighted by atomic mass is 9.54. The van der Waals surface area contributed by atoms with Gasteiger partial charge in [0.1, 0.15) is 9.75 Å². The highest BCUT2D eigenvalue weighted by Gasteiger charge is 2.86. The van der Waals surface area contributed by atoms with E-state index in [1.165, 1.54) is 6.07 Å². The predicted molar refractivity (Wildman–Crippen MR) is 125 cm³/mol. The Morgan fingerprint density at radius 3 is 2.12 bits per heavy atom. The number of alkyl halides is 8. The molecule has 1 saturated carbocycles. The van der Waals surface area contributed by atoms with Gasteiger partial charge < -0.3 is 0 Å². The van der Waals surface area contributed by atoms with Crippen molar-refractivity contribution in [1.29, 1.82) is 0 Å². The van der Waals surface area contributed by atoms with E-state index in [0.717, 1.165) is 0 Å². The molecule has 0 saturated heterocycles. The van der Waals surface area contributed by atoms with Crippen LogP contribution in [0.4, 0.5) is 0 Å². The van der Waals surface area contributed by atoms with Crippen LogP contribution in [0.5, 0.6) is 0 Å². The van der Waals surface area contributed by atoms with Gasteiger partial charge in [-0.25, -0.2) is 0 Å². The molecule has 0 amide bonds. The zero-order valence-corrected chi connectivity index (χ0v) is 21.4. The molecule has 0 radical (unpaired) electrons. The van der Waals surface area contributed by atoms with E-state index < -0.39 is 57.4 Å². The first-order chi connectivity index (χ1) is 14.6. The molecule has 4 atom stereocenters. The number of hydrogen-bond donors (Lipinski definition) is 0. The number of allylic oxidation sites excluding steroid dienone is 2. The maximum Gasteiger partial charge on any atom is 0.271 e. The molecule has 0 spiro atoms. The molecule has 1 aromatic carbocycles. The van der Waals surface area contributed by atoms with Crippen molar-refractivity contribution in [3.8, 4) is 0 Å². The zero-order chi connectivity index (χ0) is 23.8. The summed E-state index contributed by atoms with van der Waals surface area (Å²) in [7, 11) is 0. The molecule has 0 N–H and O–H groups in total. The van der Waals surface area contributed by atoms with E-state index in [1.807, 2.05) is 0 Å². The fourth-order valence-electron chi connectivity index (χ4n) is 5.27. The van der Waals surface area contributed by atoms with Crippen LogP contribution in [0.25, 0.3) is 5.57 Å². The Morgan fingerprint density at radius 1 is 0.875 bits per heavy atom. The summed E-state index contributed by atoms with van der Waals surface area (Å²) in [6.45, 7) is 0. The van der Waals surface area contributed by atoms with Gasteiger partial charge in [0.25, 0.3) is 5.78 Å². The predicted octanol–water partition coefficient (Wildman–Crippen LogP) is 5.05. The van der Waals surface area contributed by atoms with E-state index in [9.17, 15) is 19.2 Å². The van der Waals surface area contributed by atoms with Crippen molar-refractivity contribution in [1.82, 2.24) is 0 Å². The maximum absolute atomic E-state index is 13.4. The van der Waals surface area contributed by atoms with Gasteiger partial charge in [-0.15, -0.1) is 34.8 Å². The summed E-state index contributed by atoms with van der Waals surface area (Å²) in [6.07, 6.45) is 0.752. The normalized spacial score (nSPS) is 39.1. The van der Waals surface area contributed by atoms with Crippen LogP contribution in [0.15, 0.2) is 23.8 Å². The highest BCUT2D eigenvalue weighted by Crippen LogP contribution is 2.75. The SMILES string of the molecule is O=C1C(=O)C2=C3C(Cl)(C1=O)C(=O)C(Cl)(Cl)C(Cl)(Cl)C3(Cl)C1(Cl)c3c(cccc32)CCC1Cl. The molecular weight excluding hydrogens is 588 g/mol. The van der Waals surface area contributed by atoms with Crippen molar-refractivity contribution in [3.63, 3.8) is 0 Å². The average molecular weight is 596 g/mol. The molecule has 0 bridgehead atoms. The summed E-state index contributed by atoms with van der Waals surface area (Å²) < 4.78 is -5.45. The quantitative estimate of drug-likeness (QED) is 0.239. The molecule has 32 heavy (non-hydrogen) atoms. The van der Waals surface area contributed by atoms with Gasteiger partial charge in [0.15, 0.2) is 9.21 Å². The topological polar surface area (TPSA) is 68.3 Å². The molecule has 4 aliphatic rings. The number of carbonyl (C=O) groups is 4. The van der Waals surface area contributed by atoms with E-state index >= 15 is 0 Å². The van der Waals surface area contributed by atoms with Crippen molar-refractivity contribution in [2.75, 3.05) is 0 Å². The smallest absolute Gasteiger partial charge is 0.271 e. The van der Waals surface area contributed by atoms with Crippen molar-refractivity contribution >= 4 is 122 Å². The second-order valence-electron chi connectivity index (χ2n) is 8.09. The Morgan fingerprint density at radius 2 is 1.50 bits per heavy atom. The standard InChI is InChI=1S/C20H8Cl8O4/c21-8-5-4-6-2-1-3-7-9-11(29)12(30)14(31)16(22)13(9)18(24,17(8,23)10(6)7)20(27,28)19(25,26)15(16)32/h1-3,8H,4-5H2. The molecule has 0 aliphatic heterocycles. The van der Waals surface area contributed by atoms with Crippen LogP contribution in [-0.4, -0.2) is 46.9 Å². The first-order valence-electron chi connectivity index (χ1n) is 9.15. The maximum atomic E-state index is 13.4. The van der Waals surface area contributed by atoms with E-state index in [1.54, 1.807) is 12.1 Å². The largest absolute Gasteiger partial charge is 0.293 e.